The largest absolute Gasteiger partial charge is 0.352 e. The maximum Gasteiger partial charge on any atom is 0.235 e. The maximum absolute atomic E-state index is 13.6. The summed E-state index contributed by atoms with van der Waals surface area (Å²) in [6.07, 6.45) is 5.43. The second-order valence-electron chi connectivity index (χ2n) is 6.31. The Morgan fingerprint density at radius 1 is 1.14 bits per heavy atom. The number of halogens is 1. The Balaban J connectivity index is 1.57. The predicted molar refractivity (Wildman–Crippen MR) is 80.3 cm³/mol. The van der Waals surface area contributed by atoms with Gasteiger partial charge >= 0.3 is 0 Å². The highest BCUT2D eigenvalue weighted by molar-refractivity contribution is 6.07. The second kappa shape index (κ2) is 6.07. The summed E-state index contributed by atoms with van der Waals surface area (Å²) in [7, 11) is 0. The smallest absolute Gasteiger partial charge is 0.235 e. The Morgan fingerprint density at radius 2 is 1.82 bits per heavy atom. The van der Waals surface area contributed by atoms with Crippen LogP contribution in [0, 0.1) is 11.2 Å². The zero-order valence-electron chi connectivity index (χ0n) is 12.5. The van der Waals surface area contributed by atoms with Gasteiger partial charge in [0, 0.05) is 18.2 Å². The van der Waals surface area contributed by atoms with Gasteiger partial charge in [0.05, 0.1) is 0 Å². The minimum absolute atomic E-state index is 0.115. The SMILES string of the molecule is O=C(NCc1ccccc1F)C1(C(=O)NC2CCCC2)CC1. The van der Waals surface area contributed by atoms with Crippen molar-refractivity contribution in [1.29, 1.82) is 0 Å². The molecule has 2 aliphatic rings. The van der Waals surface area contributed by atoms with Gasteiger partial charge in [0.25, 0.3) is 0 Å². The van der Waals surface area contributed by atoms with Crippen LogP contribution in [0.3, 0.4) is 0 Å². The molecule has 0 bridgehead atoms. The summed E-state index contributed by atoms with van der Waals surface area (Å²) in [6.45, 7) is 0.115. The summed E-state index contributed by atoms with van der Waals surface area (Å²) < 4.78 is 13.6. The number of hydrogen-bond donors (Lipinski definition) is 2. The Morgan fingerprint density at radius 3 is 2.45 bits per heavy atom. The molecular weight excluding hydrogens is 283 g/mol. The van der Waals surface area contributed by atoms with E-state index in [2.05, 4.69) is 10.6 Å². The van der Waals surface area contributed by atoms with E-state index in [0.29, 0.717) is 18.4 Å². The van der Waals surface area contributed by atoms with Crippen LogP contribution in [0.15, 0.2) is 24.3 Å². The summed E-state index contributed by atoms with van der Waals surface area (Å²) in [5.74, 6) is -0.792. The van der Waals surface area contributed by atoms with E-state index in [1.54, 1.807) is 18.2 Å². The van der Waals surface area contributed by atoms with E-state index in [1.807, 2.05) is 0 Å². The van der Waals surface area contributed by atoms with Gasteiger partial charge < -0.3 is 10.6 Å². The van der Waals surface area contributed by atoms with Crippen molar-refractivity contribution in [2.45, 2.75) is 51.1 Å². The molecule has 0 aliphatic heterocycles. The summed E-state index contributed by atoms with van der Waals surface area (Å²) in [5, 5.41) is 5.71. The van der Waals surface area contributed by atoms with E-state index in [9.17, 15) is 14.0 Å². The third kappa shape index (κ3) is 2.98. The van der Waals surface area contributed by atoms with Crippen molar-refractivity contribution >= 4 is 11.8 Å². The third-order valence-electron chi connectivity index (χ3n) is 4.71. The van der Waals surface area contributed by atoms with E-state index < -0.39 is 5.41 Å². The molecular formula is C17H21FN2O2. The second-order valence-corrected chi connectivity index (χ2v) is 6.31. The molecule has 0 spiro atoms. The van der Waals surface area contributed by atoms with E-state index in [1.165, 1.54) is 6.07 Å². The predicted octanol–water partition coefficient (Wildman–Crippen LogP) is 2.28. The zero-order valence-corrected chi connectivity index (χ0v) is 12.5. The molecule has 2 saturated carbocycles. The molecule has 2 N–H and O–H groups in total. The van der Waals surface area contributed by atoms with Crippen molar-refractivity contribution in [3.63, 3.8) is 0 Å². The van der Waals surface area contributed by atoms with Crippen LogP contribution in [0.2, 0.25) is 0 Å². The van der Waals surface area contributed by atoms with Crippen molar-refractivity contribution < 1.29 is 14.0 Å². The number of hydrogen-bond acceptors (Lipinski definition) is 2. The number of carbonyl (C=O) groups is 2. The summed E-state index contributed by atoms with van der Waals surface area (Å²) in [5.41, 5.74) is -0.490. The van der Waals surface area contributed by atoms with Gasteiger partial charge in [-0.3, -0.25) is 9.59 Å². The number of benzene rings is 1. The quantitative estimate of drug-likeness (QED) is 0.820. The van der Waals surface area contributed by atoms with Crippen LogP contribution in [0.1, 0.15) is 44.1 Å². The number of nitrogens with one attached hydrogen (secondary N) is 2. The number of carbonyl (C=O) groups excluding carboxylic acids is 2. The van der Waals surface area contributed by atoms with Crippen LogP contribution in [-0.2, 0) is 16.1 Å². The van der Waals surface area contributed by atoms with Gasteiger partial charge in [0.1, 0.15) is 11.2 Å². The standard InChI is InChI=1S/C17H21FN2O2/c18-14-8-4-1-5-12(14)11-19-15(21)17(9-10-17)16(22)20-13-6-2-3-7-13/h1,4-5,8,13H,2-3,6-7,9-11H2,(H,19,21)(H,20,22). The molecule has 0 unspecified atom stereocenters. The fourth-order valence-electron chi connectivity index (χ4n) is 3.06. The van der Waals surface area contributed by atoms with Crippen molar-refractivity contribution in [2.24, 2.45) is 5.41 Å². The Kier molecular flexibility index (Phi) is 4.14. The molecule has 2 amide bonds. The molecule has 2 aliphatic carbocycles. The molecule has 2 fully saturated rings. The van der Waals surface area contributed by atoms with Gasteiger partial charge in [0.15, 0.2) is 0 Å². The number of amides is 2. The Hall–Kier alpha value is -1.91. The van der Waals surface area contributed by atoms with Crippen molar-refractivity contribution in [2.75, 3.05) is 0 Å². The topological polar surface area (TPSA) is 58.2 Å². The van der Waals surface area contributed by atoms with E-state index in [-0.39, 0.29) is 30.2 Å². The van der Waals surface area contributed by atoms with Crippen LogP contribution in [-0.4, -0.2) is 17.9 Å². The van der Waals surface area contributed by atoms with Crippen LogP contribution in [0.25, 0.3) is 0 Å². The third-order valence-corrected chi connectivity index (χ3v) is 4.71. The molecule has 5 heteroatoms. The minimum atomic E-state index is -0.923. The van der Waals surface area contributed by atoms with Crippen molar-refractivity contribution in [1.82, 2.24) is 10.6 Å². The first-order valence-corrected chi connectivity index (χ1v) is 7.94. The highest BCUT2D eigenvalue weighted by Crippen LogP contribution is 2.46. The molecule has 0 atom stereocenters. The van der Waals surface area contributed by atoms with Crippen molar-refractivity contribution in [3.8, 4) is 0 Å². The van der Waals surface area contributed by atoms with E-state index in [0.717, 1.165) is 25.7 Å². The Bertz CT molecular complexity index is 578. The molecule has 3 rings (SSSR count). The lowest BCUT2D eigenvalue weighted by atomic mass is 10.0. The molecule has 4 nitrogen and oxygen atoms in total. The van der Waals surface area contributed by atoms with Gasteiger partial charge in [-0.25, -0.2) is 4.39 Å². The lowest BCUT2D eigenvalue weighted by Crippen LogP contribution is -2.45. The van der Waals surface area contributed by atoms with Gasteiger partial charge in [0.2, 0.25) is 11.8 Å². The fourth-order valence-corrected chi connectivity index (χ4v) is 3.06. The van der Waals surface area contributed by atoms with Gasteiger partial charge in [-0.2, -0.15) is 0 Å². The van der Waals surface area contributed by atoms with Crippen molar-refractivity contribution in [3.05, 3.63) is 35.6 Å². The molecule has 22 heavy (non-hydrogen) atoms. The fraction of sp³-hybridized carbons (Fsp3) is 0.529. The average Bonchev–Trinajstić information content (AvgIpc) is 3.18. The van der Waals surface area contributed by atoms with E-state index in [4.69, 9.17) is 0 Å². The first-order valence-electron chi connectivity index (χ1n) is 7.94. The lowest BCUT2D eigenvalue weighted by molar-refractivity contribution is -0.137. The highest BCUT2D eigenvalue weighted by Gasteiger charge is 2.56. The first-order chi connectivity index (χ1) is 10.6. The van der Waals surface area contributed by atoms with Crippen LogP contribution in [0.4, 0.5) is 4.39 Å². The Labute approximate surface area is 129 Å². The van der Waals surface area contributed by atoms with Crippen LogP contribution in [0.5, 0.6) is 0 Å². The van der Waals surface area contributed by atoms with Gasteiger partial charge in [-0.1, -0.05) is 31.0 Å². The zero-order chi connectivity index (χ0) is 15.6. The summed E-state index contributed by atoms with van der Waals surface area (Å²) >= 11 is 0. The van der Waals surface area contributed by atoms with E-state index >= 15 is 0 Å². The molecule has 0 aromatic heterocycles. The lowest BCUT2D eigenvalue weighted by Gasteiger charge is -2.18. The first kappa shape index (κ1) is 15.0. The highest BCUT2D eigenvalue weighted by atomic mass is 19.1. The number of rotatable bonds is 5. The minimum Gasteiger partial charge on any atom is -0.352 e. The summed E-state index contributed by atoms with van der Waals surface area (Å²) in [6, 6.07) is 6.54. The maximum atomic E-state index is 13.6. The summed E-state index contributed by atoms with van der Waals surface area (Å²) in [4.78, 5) is 24.7. The van der Waals surface area contributed by atoms with Gasteiger partial charge in [-0.05, 0) is 31.7 Å². The molecule has 1 aromatic carbocycles. The molecule has 0 radical (unpaired) electrons. The monoisotopic (exact) mass is 304 g/mol. The normalized spacial score (nSPS) is 19.7. The molecule has 1 aromatic rings. The molecule has 118 valence electrons. The van der Waals surface area contributed by atoms with Crippen LogP contribution < -0.4 is 10.6 Å². The van der Waals surface area contributed by atoms with Crippen LogP contribution >= 0.6 is 0 Å². The van der Waals surface area contributed by atoms with Gasteiger partial charge in [-0.15, -0.1) is 0 Å². The average molecular weight is 304 g/mol. The molecule has 0 heterocycles. The molecule has 0 saturated heterocycles.